The number of nitrogens with zero attached hydrogens (tertiary/aromatic N) is 1. The molecule has 1 aliphatic rings. The van der Waals surface area contributed by atoms with E-state index >= 15 is 0 Å². The molecule has 1 saturated heterocycles. The van der Waals surface area contributed by atoms with Crippen LogP contribution in [-0.2, 0) is 4.79 Å². The number of aliphatic hydroxyl groups is 1. The number of piperidine rings is 1. The molecule has 0 aromatic heterocycles. The van der Waals surface area contributed by atoms with E-state index in [4.69, 9.17) is 0 Å². The van der Waals surface area contributed by atoms with Crippen molar-refractivity contribution in [2.75, 3.05) is 13.1 Å². The lowest BCUT2D eigenvalue weighted by Gasteiger charge is -2.40. The zero-order chi connectivity index (χ0) is 14.8. The molecule has 2 rings (SSSR count). The Hall–Kier alpha value is -1.19. The Labute approximate surface area is 121 Å². The van der Waals surface area contributed by atoms with Crippen molar-refractivity contribution in [3.8, 4) is 0 Å². The second-order valence-corrected chi connectivity index (χ2v) is 6.40. The number of rotatable bonds is 4. The normalized spacial score (nSPS) is 20.9. The third kappa shape index (κ3) is 3.47. The highest BCUT2D eigenvalue weighted by atomic mass is 16.3. The Morgan fingerprint density at radius 2 is 1.75 bits per heavy atom. The zero-order valence-electron chi connectivity index (χ0n) is 12.7. The van der Waals surface area contributed by atoms with E-state index in [1.54, 1.807) is 0 Å². The maximum Gasteiger partial charge on any atom is 0.157 e. The molecule has 1 aliphatic heterocycles. The molecule has 0 saturated carbocycles. The number of carbonyl (C=O) groups excluding carboxylic acids is 1. The first-order chi connectivity index (χ1) is 9.41. The molecule has 1 heterocycles. The SMILES string of the molecule is CC(C)C(=O)[C@@H](c1ccccc1)N1CCC(C)(O)CC1. The van der Waals surface area contributed by atoms with Gasteiger partial charge in [-0.05, 0) is 25.3 Å². The van der Waals surface area contributed by atoms with Crippen LogP contribution in [0.4, 0.5) is 0 Å². The van der Waals surface area contributed by atoms with Crippen molar-refractivity contribution < 1.29 is 9.90 Å². The fraction of sp³-hybridized carbons (Fsp3) is 0.588. The zero-order valence-corrected chi connectivity index (χ0v) is 12.7. The first kappa shape index (κ1) is 15.2. The highest BCUT2D eigenvalue weighted by molar-refractivity contribution is 5.87. The summed E-state index contributed by atoms with van der Waals surface area (Å²) in [7, 11) is 0. The lowest BCUT2D eigenvalue weighted by atomic mass is 9.88. The molecule has 0 bridgehead atoms. The van der Waals surface area contributed by atoms with Crippen LogP contribution < -0.4 is 0 Å². The Kier molecular flexibility index (Phi) is 4.61. The Balaban J connectivity index is 2.22. The number of likely N-dealkylation sites (tertiary alicyclic amines) is 1. The standard InChI is InChI=1S/C17H25NO2/c1-13(2)16(19)15(14-7-5-4-6-8-14)18-11-9-17(3,20)10-12-18/h4-8,13,15,20H,9-12H2,1-3H3/t15-/m1/s1. The van der Waals surface area contributed by atoms with Crippen LogP contribution in [-0.4, -0.2) is 34.5 Å². The van der Waals surface area contributed by atoms with Crippen molar-refractivity contribution in [2.45, 2.75) is 45.3 Å². The van der Waals surface area contributed by atoms with Crippen LogP contribution >= 0.6 is 0 Å². The minimum atomic E-state index is -0.585. The molecule has 0 spiro atoms. The van der Waals surface area contributed by atoms with Gasteiger partial charge in [0.1, 0.15) is 0 Å². The number of benzene rings is 1. The van der Waals surface area contributed by atoms with E-state index in [2.05, 4.69) is 4.90 Å². The highest BCUT2D eigenvalue weighted by Crippen LogP contribution is 2.30. The smallest absolute Gasteiger partial charge is 0.157 e. The summed E-state index contributed by atoms with van der Waals surface area (Å²) in [4.78, 5) is 14.8. The monoisotopic (exact) mass is 275 g/mol. The van der Waals surface area contributed by atoms with Crippen molar-refractivity contribution in [3.05, 3.63) is 35.9 Å². The summed E-state index contributed by atoms with van der Waals surface area (Å²) in [6, 6.07) is 9.82. The maximum absolute atomic E-state index is 12.6. The first-order valence-electron chi connectivity index (χ1n) is 7.46. The van der Waals surface area contributed by atoms with Gasteiger partial charge in [0.05, 0.1) is 11.6 Å². The summed E-state index contributed by atoms with van der Waals surface area (Å²) in [6.45, 7) is 7.33. The third-order valence-corrected chi connectivity index (χ3v) is 4.19. The predicted octanol–water partition coefficient (Wildman–Crippen LogP) is 2.80. The lowest BCUT2D eigenvalue weighted by molar-refractivity contribution is -0.129. The quantitative estimate of drug-likeness (QED) is 0.918. The molecule has 0 radical (unpaired) electrons. The molecule has 1 aromatic carbocycles. The average molecular weight is 275 g/mol. The third-order valence-electron chi connectivity index (χ3n) is 4.19. The van der Waals surface area contributed by atoms with Crippen LogP contribution in [0.15, 0.2) is 30.3 Å². The number of Topliss-reactive ketones (excluding diaryl/α,β-unsaturated/α-hetero) is 1. The average Bonchev–Trinajstić information content (AvgIpc) is 2.42. The summed E-state index contributed by atoms with van der Waals surface area (Å²) in [5, 5.41) is 10.1. The summed E-state index contributed by atoms with van der Waals surface area (Å²) < 4.78 is 0. The van der Waals surface area contributed by atoms with E-state index < -0.39 is 5.60 Å². The van der Waals surface area contributed by atoms with Crippen molar-refractivity contribution in [1.29, 1.82) is 0 Å². The van der Waals surface area contributed by atoms with Gasteiger partial charge < -0.3 is 5.11 Å². The molecule has 1 aromatic rings. The molecular formula is C17H25NO2. The van der Waals surface area contributed by atoms with Gasteiger partial charge in [-0.1, -0.05) is 44.2 Å². The second-order valence-electron chi connectivity index (χ2n) is 6.40. The first-order valence-corrected chi connectivity index (χ1v) is 7.46. The minimum Gasteiger partial charge on any atom is -0.390 e. The Morgan fingerprint density at radius 1 is 1.20 bits per heavy atom. The topological polar surface area (TPSA) is 40.5 Å². The molecule has 3 heteroatoms. The van der Waals surface area contributed by atoms with Crippen molar-refractivity contribution in [1.82, 2.24) is 4.90 Å². The number of carbonyl (C=O) groups is 1. The summed E-state index contributed by atoms with van der Waals surface area (Å²) >= 11 is 0. The van der Waals surface area contributed by atoms with Gasteiger partial charge >= 0.3 is 0 Å². The van der Waals surface area contributed by atoms with Crippen LogP contribution in [0.1, 0.15) is 45.2 Å². The molecule has 20 heavy (non-hydrogen) atoms. The summed E-state index contributed by atoms with van der Waals surface area (Å²) in [5.74, 6) is 0.278. The van der Waals surface area contributed by atoms with Crippen molar-refractivity contribution in [3.63, 3.8) is 0 Å². The van der Waals surface area contributed by atoms with E-state index in [0.717, 1.165) is 31.5 Å². The number of hydrogen-bond acceptors (Lipinski definition) is 3. The molecule has 1 fully saturated rings. The number of ketones is 1. The van der Waals surface area contributed by atoms with Gasteiger partial charge in [0.2, 0.25) is 0 Å². The van der Waals surface area contributed by atoms with Gasteiger partial charge in [-0.15, -0.1) is 0 Å². The fourth-order valence-corrected chi connectivity index (χ4v) is 2.77. The molecule has 1 N–H and O–H groups in total. The van der Waals surface area contributed by atoms with Gasteiger partial charge in [0.25, 0.3) is 0 Å². The maximum atomic E-state index is 12.6. The summed E-state index contributed by atoms with van der Waals surface area (Å²) in [5.41, 5.74) is 0.478. The van der Waals surface area contributed by atoms with Crippen LogP contribution in [0.2, 0.25) is 0 Å². The van der Waals surface area contributed by atoms with Gasteiger partial charge in [0, 0.05) is 19.0 Å². The molecule has 3 nitrogen and oxygen atoms in total. The van der Waals surface area contributed by atoms with Crippen LogP contribution in [0.3, 0.4) is 0 Å². The molecule has 0 unspecified atom stereocenters. The lowest BCUT2D eigenvalue weighted by Crippen LogP contribution is -2.46. The predicted molar refractivity (Wildman–Crippen MR) is 80.5 cm³/mol. The Morgan fingerprint density at radius 3 is 2.25 bits per heavy atom. The van der Waals surface area contributed by atoms with Gasteiger partial charge in [-0.3, -0.25) is 9.69 Å². The van der Waals surface area contributed by atoms with Gasteiger partial charge in [-0.2, -0.15) is 0 Å². The molecule has 0 amide bonds. The largest absolute Gasteiger partial charge is 0.390 e. The highest BCUT2D eigenvalue weighted by Gasteiger charge is 2.35. The summed E-state index contributed by atoms with van der Waals surface area (Å²) in [6.07, 6.45) is 1.45. The fourth-order valence-electron chi connectivity index (χ4n) is 2.77. The van der Waals surface area contributed by atoms with E-state index in [1.165, 1.54) is 0 Å². The van der Waals surface area contributed by atoms with E-state index in [9.17, 15) is 9.90 Å². The van der Waals surface area contributed by atoms with E-state index in [1.807, 2.05) is 51.1 Å². The van der Waals surface area contributed by atoms with E-state index in [-0.39, 0.29) is 17.7 Å². The molecule has 110 valence electrons. The molecule has 1 atom stereocenters. The van der Waals surface area contributed by atoms with E-state index in [0.29, 0.717) is 0 Å². The van der Waals surface area contributed by atoms with Gasteiger partial charge in [-0.25, -0.2) is 0 Å². The molecular weight excluding hydrogens is 250 g/mol. The second kappa shape index (κ2) is 6.06. The number of hydrogen-bond donors (Lipinski definition) is 1. The molecule has 0 aliphatic carbocycles. The van der Waals surface area contributed by atoms with Crippen LogP contribution in [0.5, 0.6) is 0 Å². The van der Waals surface area contributed by atoms with Crippen LogP contribution in [0, 0.1) is 5.92 Å². The van der Waals surface area contributed by atoms with Crippen LogP contribution in [0.25, 0.3) is 0 Å². The van der Waals surface area contributed by atoms with Crippen molar-refractivity contribution in [2.24, 2.45) is 5.92 Å². The minimum absolute atomic E-state index is 0.0163. The van der Waals surface area contributed by atoms with Crippen molar-refractivity contribution >= 4 is 5.78 Å². The van der Waals surface area contributed by atoms with Gasteiger partial charge in [0.15, 0.2) is 5.78 Å². The Bertz CT molecular complexity index is 443.